The monoisotopic (exact) mass is 399 g/mol. The molecule has 3 heteroatoms. The average Bonchev–Trinajstić information content (AvgIpc) is 2.74. The molecule has 0 fully saturated rings. The summed E-state index contributed by atoms with van der Waals surface area (Å²) in [5.74, 6) is 0. The molecule has 0 aliphatic heterocycles. The third-order valence-corrected chi connectivity index (χ3v) is 16.0. The molecule has 0 aliphatic carbocycles. The van der Waals surface area contributed by atoms with Crippen LogP contribution in [0.25, 0.3) is 0 Å². The molecule has 3 aromatic rings. The zero-order valence-electron chi connectivity index (χ0n) is 15.9. The van der Waals surface area contributed by atoms with Crippen LogP contribution in [0.4, 0.5) is 0 Å². The first kappa shape index (κ1) is 20.1. The molecule has 0 aromatic heterocycles. The minimum atomic E-state index is -0.226. The summed E-state index contributed by atoms with van der Waals surface area (Å²) in [6.07, 6.45) is 3.77. The summed E-state index contributed by atoms with van der Waals surface area (Å²) in [4.78, 5) is 0. The minimum absolute atomic E-state index is 0.226. The lowest BCUT2D eigenvalue weighted by Gasteiger charge is -2.14. The molecule has 0 saturated heterocycles. The van der Waals surface area contributed by atoms with E-state index in [-0.39, 0.29) is 7.83 Å². The van der Waals surface area contributed by atoms with Crippen molar-refractivity contribution in [3.63, 3.8) is 0 Å². The van der Waals surface area contributed by atoms with Gasteiger partial charge in [-0.05, 0) is 36.0 Å². The highest BCUT2D eigenvalue weighted by atomic mass is 29.6. The molecule has 0 N–H and O–H groups in total. The van der Waals surface area contributed by atoms with Crippen molar-refractivity contribution in [3.8, 4) is 0 Å². The molecule has 0 bridgehead atoms. The van der Waals surface area contributed by atoms with Gasteiger partial charge in [-0.15, -0.1) is 0 Å². The second kappa shape index (κ2) is 11.9. The predicted octanol–water partition coefficient (Wildman–Crippen LogP) is 5.45. The van der Waals surface area contributed by atoms with Gasteiger partial charge < -0.3 is 0 Å². The first-order valence-corrected chi connectivity index (χ1v) is 16.0. The molecule has 0 atom stereocenters. The SMILES string of the molecule is c1ccc(CC[Si][Si](CCc2ccccc2)[Si]CCc2ccccc2)cc1. The fourth-order valence-electron chi connectivity index (χ4n) is 3.16. The largest absolute Gasteiger partial charge is 0.0622 e. The van der Waals surface area contributed by atoms with E-state index in [1.54, 1.807) is 0 Å². The van der Waals surface area contributed by atoms with Crippen molar-refractivity contribution < 1.29 is 0 Å². The van der Waals surface area contributed by atoms with Crippen molar-refractivity contribution >= 4 is 25.9 Å². The maximum Gasteiger partial charge on any atom is 0.0225 e. The van der Waals surface area contributed by atoms with Gasteiger partial charge >= 0.3 is 0 Å². The summed E-state index contributed by atoms with van der Waals surface area (Å²) >= 11 is 0. The zero-order valence-corrected chi connectivity index (χ0v) is 18.9. The van der Waals surface area contributed by atoms with E-state index in [1.807, 2.05) is 0 Å². The Kier molecular flexibility index (Phi) is 8.84. The van der Waals surface area contributed by atoms with Crippen molar-refractivity contribution in [3.05, 3.63) is 108 Å². The van der Waals surface area contributed by atoms with E-state index in [0.717, 1.165) is 0 Å². The van der Waals surface area contributed by atoms with Crippen molar-refractivity contribution in [1.29, 1.82) is 0 Å². The molecule has 0 nitrogen and oxygen atoms in total. The van der Waals surface area contributed by atoms with Gasteiger partial charge in [0, 0.05) is 25.9 Å². The van der Waals surface area contributed by atoms with Crippen LogP contribution in [0, 0.1) is 0 Å². The summed E-state index contributed by atoms with van der Waals surface area (Å²) in [6, 6.07) is 37.3. The Morgan fingerprint density at radius 2 is 0.852 bits per heavy atom. The molecular formula is C24H27Si3. The van der Waals surface area contributed by atoms with Crippen molar-refractivity contribution in [2.45, 2.75) is 37.4 Å². The van der Waals surface area contributed by atoms with E-state index >= 15 is 0 Å². The smallest absolute Gasteiger partial charge is 0.0225 e. The van der Waals surface area contributed by atoms with Gasteiger partial charge in [-0.25, -0.2) is 0 Å². The normalized spacial score (nSPS) is 11.0. The molecule has 0 saturated carbocycles. The van der Waals surface area contributed by atoms with Crippen LogP contribution in [-0.4, -0.2) is 25.9 Å². The van der Waals surface area contributed by atoms with Crippen LogP contribution in [0.15, 0.2) is 91.0 Å². The van der Waals surface area contributed by atoms with Crippen molar-refractivity contribution in [1.82, 2.24) is 0 Å². The average molecular weight is 400 g/mol. The van der Waals surface area contributed by atoms with E-state index < -0.39 is 0 Å². The Hall–Kier alpha value is -1.69. The zero-order chi connectivity index (χ0) is 18.6. The summed E-state index contributed by atoms with van der Waals surface area (Å²) in [5.41, 5.74) is 4.52. The van der Waals surface area contributed by atoms with Gasteiger partial charge in [0.1, 0.15) is 0 Å². The summed E-state index contributed by atoms with van der Waals surface area (Å²) in [6.45, 7) is 0. The molecular weight excluding hydrogens is 373 g/mol. The highest BCUT2D eigenvalue weighted by molar-refractivity contribution is 7.39. The van der Waals surface area contributed by atoms with E-state index in [9.17, 15) is 0 Å². The molecule has 0 heterocycles. The minimum Gasteiger partial charge on any atom is -0.0622 e. The summed E-state index contributed by atoms with van der Waals surface area (Å²) in [5, 5.41) is 0. The van der Waals surface area contributed by atoms with Gasteiger partial charge in [-0.2, -0.15) is 0 Å². The van der Waals surface area contributed by atoms with Crippen LogP contribution >= 0.6 is 0 Å². The third kappa shape index (κ3) is 7.83. The molecule has 3 rings (SSSR count). The van der Waals surface area contributed by atoms with Gasteiger partial charge in [-0.1, -0.05) is 109 Å². The van der Waals surface area contributed by atoms with Crippen LogP contribution in [0.2, 0.25) is 18.1 Å². The highest BCUT2D eigenvalue weighted by Crippen LogP contribution is 2.10. The lowest BCUT2D eigenvalue weighted by Crippen LogP contribution is -2.31. The fourth-order valence-corrected chi connectivity index (χ4v) is 13.7. The van der Waals surface area contributed by atoms with E-state index in [1.165, 1.54) is 72.2 Å². The molecule has 0 unspecified atom stereocenters. The number of aryl methyl sites for hydroxylation is 3. The van der Waals surface area contributed by atoms with Crippen LogP contribution < -0.4 is 0 Å². The topological polar surface area (TPSA) is 0 Å². The molecule has 5 radical (unpaired) electrons. The fraction of sp³-hybridized carbons (Fsp3) is 0.250. The first-order chi connectivity index (χ1) is 13.4. The maximum atomic E-state index is 2.29. The van der Waals surface area contributed by atoms with Crippen LogP contribution in [0.5, 0.6) is 0 Å². The van der Waals surface area contributed by atoms with E-state index in [2.05, 4.69) is 91.0 Å². The Bertz CT molecular complexity index is 699. The third-order valence-electron chi connectivity index (χ3n) is 4.70. The second-order valence-corrected chi connectivity index (χ2v) is 17.2. The highest BCUT2D eigenvalue weighted by Gasteiger charge is 2.13. The molecule has 3 aromatic carbocycles. The molecule has 0 aliphatic rings. The van der Waals surface area contributed by atoms with Gasteiger partial charge in [-0.3, -0.25) is 0 Å². The van der Waals surface area contributed by atoms with Gasteiger partial charge in [0.2, 0.25) is 0 Å². The lowest BCUT2D eigenvalue weighted by molar-refractivity contribution is 1.11. The quantitative estimate of drug-likeness (QED) is 0.376. The predicted molar refractivity (Wildman–Crippen MR) is 122 cm³/mol. The lowest BCUT2D eigenvalue weighted by atomic mass is 10.2. The summed E-state index contributed by atoms with van der Waals surface area (Å²) in [7, 11) is 2.14. The van der Waals surface area contributed by atoms with Crippen LogP contribution in [0.1, 0.15) is 16.7 Å². The second-order valence-electron chi connectivity index (χ2n) is 6.79. The maximum absolute atomic E-state index is 2.29. The van der Waals surface area contributed by atoms with Gasteiger partial charge in [0.25, 0.3) is 0 Å². The number of hydrogen-bond acceptors (Lipinski definition) is 0. The van der Waals surface area contributed by atoms with Gasteiger partial charge in [0.05, 0.1) is 0 Å². The molecule has 27 heavy (non-hydrogen) atoms. The number of benzene rings is 3. The van der Waals surface area contributed by atoms with Gasteiger partial charge in [0.15, 0.2) is 0 Å². The van der Waals surface area contributed by atoms with Crippen molar-refractivity contribution in [2.75, 3.05) is 0 Å². The number of rotatable bonds is 11. The molecule has 135 valence electrons. The van der Waals surface area contributed by atoms with Crippen LogP contribution in [0.3, 0.4) is 0 Å². The van der Waals surface area contributed by atoms with Crippen molar-refractivity contribution in [2.24, 2.45) is 0 Å². The standard InChI is InChI=1S/C24H27Si3/c1-4-10-22(11-5-1)16-19-25-27(21-18-24-14-8-3-9-15-24)26-20-17-23-12-6-2-7-13-23/h1-15H,16-21H2. The Balaban J connectivity index is 1.47. The summed E-state index contributed by atoms with van der Waals surface area (Å²) < 4.78 is 0. The Morgan fingerprint density at radius 1 is 0.481 bits per heavy atom. The van der Waals surface area contributed by atoms with E-state index in [4.69, 9.17) is 0 Å². The number of hydrogen-bond donors (Lipinski definition) is 0. The van der Waals surface area contributed by atoms with E-state index in [0.29, 0.717) is 0 Å². The van der Waals surface area contributed by atoms with Crippen LogP contribution in [-0.2, 0) is 19.3 Å². The molecule has 0 amide bonds. The Labute approximate surface area is 170 Å². The first-order valence-electron chi connectivity index (χ1n) is 9.85. The molecule has 0 spiro atoms. The Morgan fingerprint density at radius 3 is 1.26 bits per heavy atom.